The van der Waals surface area contributed by atoms with E-state index >= 15 is 0 Å². The maximum Gasteiger partial charge on any atom is 0.262 e. The van der Waals surface area contributed by atoms with E-state index in [1.54, 1.807) is 16.8 Å². The third-order valence-corrected chi connectivity index (χ3v) is 12.8. The number of fused-ring (bicyclic) bond motifs is 2. The zero-order valence-corrected chi connectivity index (χ0v) is 41.6. The summed E-state index contributed by atoms with van der Waals surface area (Å²) >= 11 is 7.77. The number of likely N-dealkylation sites (tertiary alicyclic amines) is 1. The first-order valence-corrected chi connectivity index (χ1v) is 24.4. The number of pyridine rings is 1. The van der Waals surface area contributed by atoms with E-state index in [1.165, 1.54) is 17.3 Å². The molecule has 22 heteroatoms. The van der Waals surface area contributed by atoms with E-state index in [0.717, 1.165) is 32.6 Å². The molecule has 6 aromatic rings. The number of aliphatic hydroxyl groups excluding tert-OH is 1. The predicted molar refractivity (Wildman–Crippen MR) is 268 cm³/mol. The number of amides is 4. The number of aromatic amines is 1. The molecular formula is C49H59ClN10O10S. The number of rotatable bonds is 24. The SMILES string of the molecule is Cc1ncsc1-c1ccc(CNC(=O)[C@@H]2C[C@@H](O)CN2C(=O)C(NC(=O)COCCOCCOCCOCCNC(=O)Cn2ccc3c(Nc4nc(Cl)cc5nc[nH]c(=O)c45)cccc32)C(C)(C)C)cc1. The number of nitrogens with one attached hydrogen (secondary N) is 5. The van der Waals surface area contributed by atoms with Crippen LogP contribution in [0, 0.1) is 12.3 Å². The smallest absolute Gasteiger partial charge is 0.262 e. The monoisotopic (exact) mass is 1010 g/mol. The Morgan fingerprint density at radius 3 is 2.35 bits per heavy atom. The number of aliphatic hydroxyl groups is 1. The van der Waals surface area contributed by atoms with E-state index in [1.807, 2.05) is 87.0 Å². The number of carbonyl (C=O) groups is 4. The van der Waals surface area contributed by atoms with E-state index in [2.05, 4.69) is 41.2 Å². The molecular weight excluding hydrogens is 956 g/mol. The number of anilines is 2. The summed E-state index contributed by atoms with van der Waals surface area (Å²) < 4.78 is 24.0. The molecule has 5 heterocycles. The zero-order chi connectivity index (χ0) is 50.5. The van der Waals surface area contributed by atoms with Crippen LogP contribution in [0.5, 0.6) is 0 Å². The van der Waals surface area contributed by atoms with E-state index in [9.17, 15) is 29.1 Å². The van der Waals surface area contributed by atoms with Gasteiger partial charge in [-0.3, -0.25) is 24.0 Å². The summed E-state index contributed by atoms with van der Waals surface area (Å²) in [6.45, 7) is 9.58. The van der Waals surface area contributed by atoms with Gasteiger partial charge in [0.1, 0.15) is 41.6 Å². The Labute approximate surface area is 418 Å². The van der Waals surface area contributed by atoms with E-state index in [-0.39, 0.29) is 79.6 Å². The van der Waals surface area contributed by atoms with Crippen LogP contribution in [0.3, 0.4) is 0 Å². The number of nitrogens with zero attached hydrogens (tertiary/aromatic N) is 5. The Morgan fingerprint density at radius 2 is 1.65 bits per heavy atom. The first kappa shape index (κ1) is 52.5. The van der Waals surface area contributed by atoms with Gasteiger partial charge in [-0.05, 0) is 41.7 Å². The molecule has 4 aromatic heterocycles. The molecule has 7 rings (SSSR count). The quantitative estimate of drug-likeness (QED) is 0.0369. The molecule has 20 nitrogen and oxygen atoms in total. The van der Waals surface area contributed by atoms with Gasteiger partial charge in [-0.2, -0.15) is 0 Å². The second kappa shape index (κ2) is 24.7. The molecule has 0 aliphatic carbocycles. The minimum Gasteiger partial charge on any atom is -0.391 e. The molecule has 0 radical (unpaired) electrons. The van der Waals surface area contributed by atoms with Gasteiger partial charge in [0.15, 0.2) is 0 Å². The van der Waals surface area contributed by atoms with Crippen molar-refractivity contribution in [2.45, 2.75) is 65.4 Å². The lowest BCUT2D eigenvalue weighted by Crippen LogP contribution is -2.58. The molecule has 1 aliphatic rings. The van der Waals surface area contributed by atoms with Gasteiger partial charge >= 0.3 is 0 Å². The number of hydrogen-bond donors (Lipinski definition) is 6. The summed E-state index contributed by atoms with van der Waals surface area (Å²) in [5.74, 6) is -1.27. The van der Waals surface area contributed by atoms with E-state index in [4.69, 9.17) is 30.5 Å². The molecule has 1 unspecified atom stereocenters. The topological polar surface area (TPSA) is 253 Å². The Hall–Kier alpha value is -6.33. The van der Waals surface area contributed by atoms with E-state index < -0.39 is 35.4 Å². The number of thiazole rings is 1. The van der Waals surface area contributed by atoms with Gasteiger partial charge in [-0.1, -0.05) is 62.7 Å². The Bertz CT molecular complexity index is 2850. The van der Waals surface area contributed by atoms with Gasteiger partial charge in [0.25, 0.3) is 5.56 Å². The number of hydrogen-bond acceptors (Lipinski definition) is 15. The van der Waals surface area contributed by atoms with Crippen molar-refractivity contribution in [2.24, 2.45) is 5.41 Å². The number of aromatic nitrogens is 5. The van der Waals surface area contributed by atoms with Crippen LogP contribution in [0.25, 0.3) is 32.2 Å². The van der Waals surface area contributed by atoms with Crippen molar-refractivity contribution in [1.82, 2.24) is 45.4 Å². The molecule has 0 spiro atoms. The first-order valence-electron chi connectivity index (χ1n) is 23.2. The minimum atomic E-state index is -0.981. The van der Waals surface area contributed by atoms with Crippen molar-refractivity contribution in [3.05, 3.63) is 99.4 Å². The highest BCUT2D eigenvalue weighted by Crippen LogP contribution is 2.31. The Kier molecular flexibility index (Phi) is 18.2. The molecule has 0 saturated carbocycles. The van der Waals surface area contributed by atoms with Crippen molar-refractivity contribution in [1.29, 1.82) is 0 Å². The number of halogens is 1. The van der Waals surface area contributed by atoms with Gasteiger partial charge < -0.3 is 59.8 Å². The highest BCUT2D eigenvalue weighted by Gasteiger charge is 2.44. The minimum absolute atomic E-state index is 0.0293. The molecule has 378 valence electrons. The average molecular weight is 1020 g/mol. The predicted octanol–water partition coefficient (Wildman–Crippen LogP) is 4.09. The fourth-order valence-corrected chi connectivity index (χ4v) is 9.03. The van der Waals surface area contributed by atoms with Gasteiger partial charge in [-0.25, -0.2) is 15.0 Å². The van der Waals surface area contributed by atoms with Crippen molar-refractivity contribution in [3.8, 4) is 10.4 Å². The molecule has 3 atom stereocenters. The number of ether oxygens (including phenoxy) is 4. The molecule has 1 aliphatic heterocycles. The summed E-state index contributed by atoms with van der Waals surface area (Å²) in [4.78, 5) is 83.5. The first-order chi connectivity index (χ1) is 34.2. The number of β-amino-alcohol motifs (C(OH)–C–C–N with tert-alkyl or cyclic N) is 1. The van der Waals surface area contributed by atoms with Gasteiger partial charge in [0, 0.05) is 49.4 Å². The summed E-state index contributed by atoms with van der Waals surface area (Å²) in [7, 11) is 0. The summed E-state index contributed by atoms with van der Waals surface area (Å²) in [6, 6.07) is 14.9. The zero-order valence-electron chi connectivity index (χ0n) is 40.0. The maximum atomic E-state index is 13.9. The molecule has 2 aromatic carbocycles. The van der Waals surface area contributed by atoms with Crippen molar-refractivity contribution < 1.29 is 43.2 Å². The summed E-state index contributed by atoms with van der Waals surface area (Å²) in [6.07, 6.45) is 2.32. The summed E-state index contributed by atoms with van der Waals surface area (Å²) in [5, 5.41) is 23.6. The van der Waals surface area contributed by atoms with Crippen LogP contribution in [0.2, 0.25) is 5.15 Å². The molecule has 71 heavy (non-hydrogen) atoms. The molecule has 1 fully saturated rings. The third kappa shape index (κ3) is 14.2. The van der Waals surface area contributed by atoms with Crippen LogP contribution < -0.4 is 26.8 Å². The summed E-state index contributed by atoms with van der Waals surface area (Å²) in [5.41, 5.74) is 5.50. The van der Waals surface area contributed by atoms with Crippen molar-refractivity contribution in [3.63, 3.8) is 0 Å². The second-order valence-electron chi connectivity index (χ2n) is 17.9. The van der Waals surface area contributed by atoms with Gasteiger partial charge in [0.2, 0.25) is 23.6 Å². The lowest BCUT2D eigenvalue weighted by Gasteiger charge is -2.35. The van der Waals surface area contributed by atoms with Gasteiger partial charge in [-0.15, -0.1) is 11.3 Å². The fourth-order valence-electron chi connectivity index (χ4n) is 8.03. The van der Waals surface area contributed by atoms with Crippen LogP contribution in [-0.4, -0.2) is 142 Å². The Morgan fingerprint density at radius 1 is 0.930 bits per heavy atom. The number of aryl methyl sites for hydroxylation is 1. The lowest BCUT2D eigenvalue weighted by molar-refractivity contribution is -0.144. The van der Waals surface area contributed by atoms with Crippen LogP contribution in [0.15, 0.2) is 77.4 Å². The molecule has 6 N–H and O–H groups in total. The van der Waals surface area contributed by atoms with Crippen LogP contribution >= 0.6 is 22.9 Å². The van der Waals surface area contributed by atoms with Crippen molar-refractivity contribution >= 4 is 79.9 Å². The molecule has 1 saturated heterocycles. The Balaban J connectivity index is 0.728. The normalized spacial score (nSPS) is 15.3. The highest BCUT2D eigenvalue weighted by molar-refractivity contribution is 7.13. The number of benzene rings is 2. The fraction of sp³-hybridized carbons (Fsp3) is 0.429. The van der Waals surface area contributed by atoms with Crippen LogP contribution in [0.1, 0.15) is 38.4 Å². The highest BCUT2D eigenvalue weighted by atomic mass is 35.5. The van der Waals surface area contributed by atoms with Crippen LogP contribution in [0.4, 0.5) is 11.5 Å². The number of H-pyrrole nitrogens is 1. The van der Waals surface area contributed by atoms with Crippen LogP contribution in [-0.2, 0) is 51.2 Å². The average Bonchev–Trinajstić information content (AvgIpc) is 4.08. The maximum absolute atomic E-state index is 13.9. The van der Waals surface area contributed by atoms with E-state index in [0.29, 0.717) is 50.8 Å². The third-order valence-electron chi connectivity index (χ3n) is 11.6. The number of carbonyl (C=O) groups excluding carboxylic acids is 4. The van der Waals surface area contributed by atoms with Crippen molar-refractivity contribution in [2.75, 3.05) is 71.3 Å². The largest absolute Gasteiger partial charge is 0.391 e. The second-order valence-corrected chi connectivity index (χ2v) is 19.2. The standard InChI is InChI=1S/C49H59ClN10O10S/c1-30-43(71-29-55-30)32-10-8-31(9-11-32)24-52-46(64)38-22-33(61)25-60(38)48(66)44(49(2,3)4)58-41(63)27-70-21-20-69-19-18-68-17-16-67-15-13-51-40(62)26-59-14-12-34-35(6-5-7-37(34)59)56-45-42-36(23-39(50)57-45)53-28-54-47(42)65/h5-12,14,23,28-29,33,38,44,61H,13,15-22,24-27H2,1-4H3,(H,51,62)(H,52,64)(H,56,57)(H,58,63)(H,53,54,65)/t33-,38+,44?/m1/s1. The molecule has 0 bridgehead atoms. The molecule has 4 amide bonds. The van der Waals surface area contributed by atoms with Gasteiger partial charge in [0.05, 0.1) is 85.8 Å². The lowest BCUT2D eigenvalue weighted by atomic mass is 9.85.